The van der Waals surface area contributed by atoms with Crippen LogP contribution in [-0.4, -0.2) is 0 Å². The summed E-state index contributed by atoms with van der Waals surface area (Å²) in [4.78, 5) is 0. The molecule has 0 aromatic rings. The second kappa shape index (κ2) is 6.35. The van der Waals surface area contributed by atoms with E-state index in [4.69, 9.17) is 27.6 Å². The monoisotopic (exact) mass is 409 g/mol. The fourth-order valence-corrected chi connectivity index (χ4v) is 0. The van der Waals surface area contributed by atoms with Crippen LogP contribution in [0.15, 0.2) is 0 Å². The minimum atomic E-state index is -1.79. The van der Waals surface area contributed by atoms with Crippen LogP contribution in [0, 0.1) is 0 Å². The maximum absolute atomic E-state index is 4.95. The third kappa shape index (κ3) is 21.8. The van der Waals surface area contributed by atoms with Gasteiger partial charge in [-0.15, -0.1) is 0 Å². The molecular formula is AgAuCl3. The molecule has 0 nitrogen and oxygen atoms in total. The molecule has 0 aromatic heterocycles. The van der Waals surface area contributed by atoms with Crippen molar-refractivity contribution < 1.29 is 37.6 Å². The topological polar surface area (TPSA) is 0 Å². The van der Waals surface area contributed by atoms with Gasteiger partial charge in [0, 0.05) is 22.4 Å². The van der Waals surface area contributed by atoms with Crippen LogP contribution in [-0.2, 0) is 37.6 Å². The average molecular weight is 411 g/mol. The van der Waals surface area contributed by atoms with Crippen LogP contribution in [0.5, 0.6) is 0 Å². The van der Waals surface area contributed by atoms with Crippen molar-refractivity contribution in [3.63, 3.8) is 0 Å². The van der Waals surface area contributed by atoms with Crippen molar-refractivity contribution in [1.29, 1.82) is 0 Å². The van der Waals surface area contributed by atoms with Crippen molar-refractivity contribution in [1.82, 2.24) is 0 Å². The Morgan fingerprint density at radius 2 is 1.00 bits per heavy atom. The van der Waals surface area contributed by atoms with Gasteiger partial charge in [-0.25, -0.2) is 0 Å². The second-order valence-corrected chi connectivity index (χ2v) is 9.52. The van der Waals surface area contributed by atoms with Gasteiger partial charge in [0.2, 0.25) is 0 Å². The zero-order valence-electron chi connectivity index (χ0n) is 1.74. The van der Waals surface area contributed by atoms with Crippen LogP contribution in [0.3, 0.4) is 0 Å². The summed E-state index contributed by atoms with van der Waals surface area (Å²) in [6.07, 6.45) is 0. The Kier molecular flexibility index (Phi) is 13.2. The summed E-state index contributed by atoms with van der Waals surface area (Å²) in [5.74, 6) is 0. The number of hydrogen-bond donors (Lipinski definition) is 0. The van der Waals surface area contributed by atoms with E-state index in [0.29, 0.717) is 0 Å². The van der Waals surface area contributed by atoms with Crippen LogP contribution >= 0.6 is 27.6 Å². The van der Waals surface area contributed by atoms with Crippen molar-refractivity contribution in [2.75, 3.05) is 0 Å². The Morgan fingerprint density at radius 3 is 1.00 bits per heavy atom. The van der Waals surface area contributed by atoms with Gasteiger partial charge < -0.3 is 0 Å². The molecule has 0 saturated carbocycles. The normalized spacial score (nSPS) is 9.00. The van der Waals surface area contributed by atoms with Gasteiger partial charge in [0.1, 0.15) is 0 Å². The van der Waals surface area contributed by atoms with Crippen LogP contribution in [0.25, 0.3) is 0 Å². The molecule has 0 atom stereocenters. The van der Waals surface area contributed by atoms with Crippen LogP contribution in [0.4, 0.5) is 0 Å². The first-order chi connectivity index (χ1) is 1.73. The molecule has 0 amide bonds. The fraction of sp³-hybridized carbons (Fsp3) is 0. The van der Waals surface area contributed by atoms with E-state index in [0.717, 1.165) is 0 Å². The van der Waals surface area contributed by atoms with Gasteiger partial charge in [0.05, 0.1) is 0 Å². The predicted octanol–water partition coefficient (Wildman–Crippen LogP) is 2.06. The van der Waals surface area contributed by atoms with E-state index in [1.54, 1.807) is 0 Å². The first kappa shape index (κ1) is 10.4. The molecule has 0 aliphatic heterocycles. The molecule has 0 spiro atoms. The standard InChI is InChI=1S/Ag.Au.3ClH/h;;3*1H/q;+3;;;/p-3. The average Bonchev–Trinajstić information content (AvgIpc) is 0.811. The Balaban J connectivity index is 0. The molecule has 0 bridgehead atoms. The Hall–Kier alpha value is 2.35. The quantitative estimate of drug-likeness (QED) is 0.536. The molecular weight excluding hydrogens is 411 g/mol. The molecule has 0 aliphatic rings. The van der Waals surface area contributed by atoms with E-state index in [1.807, 2.05) is 0 Å². The predicted molar refractivity (Wildman–Crippen MR) is 17.6 cm³/mol. The minimum absolute atomic E-state index is 0. The SMILES string of the molecule is [Ag].[Cl][Au]([Cl])[Cl]. The van der Waals surface area contributed by atoms with E-state index in [-0.39, 0.29) is 22.4 Å². The summed E-state index contributed by atoms with van der Waals surface area (Å²) in [6, 6.07) is 0. The van der Waals surface area contributed by atoms with E-state index in [2.05, 4.69) is 0 Å². The van der Waals surface area contributed by atoms with Gasteiger partial charge in [0.25, 0.3) is 0 Å². The number of hydrogen-bond acceptors (Lipinski definition) is 0. The fourth-order valence-electron chi connectivity index (χ4n) is 0. The van der Waals surface area contributed by atoms with Crippen LogP contribution in [0.1, 0.15) is 0 Å². The van der Waals surface area contributed by atoms with E-state index >= 15 is 0 Å². The van der Waals surface area contributed by atoms with Crippen LogP contribution in [0.2, 0.25) is 0 Å². The molecule has 43 valence electrons. The van der Waals surface area contributed by atoms with Gasteiger partial charge >= 0.3 is 42.8 Å². The zero-order chi connectivity index (χ0) is 3.58. The van der Waals surface area contributed by atoms with Crippen LogP contribution < -0.4 is 0 Å². The summed E-state index contributed by atoms with van der Waals surface area (Å²) >= 11 is -1.79. The van der Waals surface area contributed by atoms with Crippen molar-refractivity contribution in [3.8, 4) is 0 Å². The molecule has 5 heavy (non-hydrogen) atoms. The van der Waals surface area contributed by atoms with E-state index < -0.39 is 15.2 Å². The van der Waals surface area contributed by atoms with Gasteiger partial charge in [-0.05, 0) is 0 Å². The number of halogens is 3. The molecule has 0 saturated heterocycles. The maximum atomic E-state index is 4.95. The molecule has 0 aliphatic carbocycles. The summed E-state index contributed by atoms with van der Waals surface area (Å²) in [5, 5.41) is 0. The summed E-state index contributed by atoms with van der Waals surface area (Å²) in [6.45, 7) is 0. The first-order valence-electron chi connectivity index (χ1n) is 0.342. The number of rotatable bonds is 0. The summed E-state index contributed by atoms with van der Waals surface area (Å²) in [5.41, 5.74) is 0. The molecule has 1 radical (unpaired) electrons. The van der Waals surface area contributed by atoms with Gasteiger partial charge in [-0.1, -0.05) is 0 Å². The molecule has 0 heterocycles. The van der Waals surface area contributed by atoms with Crippen molar-refractivity contribution in [3.05, 3.63) is 0 Å². The second-order valence-electron chi connectivity index (χ2n) is 0.129. The van der Waals surface area contributed by atoms with E-state index in [9.17, 15) is 0 Å². The molecule has 0 N–H and O–H groups in total. The third-order valence-electron chi connectivity index (χ3n) is 0. The van der Waals surface area contributed by atoms with Gasteiger partial charge in [-0.3, -0.25) is 0 Å². The van der Waals surface area contributed by atoms with E-state index in [1.165, 1.54) is 0 Å². The summed E-state index contributed by atoms with van der Waals surface area (Å²) < 4.78 is 0. The molecule has 0 unspecified atom stereocenters. The Bertz CT molecular complexity index is 11.6. The molecule has 5 heteroatoms. The van der Waals surface area contributed by atoms with Gasteiger partial charge in [-0.2, -0.15) is 0 Å². The molecule has 0 aromatic carbocycles. The third-order valence-corrected chi connectivity index (χ3v) is 0. The van der Waals surface area contributed by atoms with Crippen molar-refractivity contribution in [2.24, 2.45) is 0 Å². The van der Waals surface area contributed by atoms with Gasteiger partial charge in [0.15, 0.2) is 0 Å². The first-order valence-corrected chi connectivity index (χ1v) is 8.40. The molecule has 0 rings (SSSR count). The Morgan fingerprint density at radius 1 is 1.00 bits per heavy atom. The molecule has 0 fully saturated rings. The zero-order valence-corrected chi connectivity index (χ0v) is 7.65. The Labute approximate surface area is 64.3 Å². The van der Waals surface area contributed by atoms with Crippen molar-refractivity contribution >= 4 is 27.6 Å². The summed E-state index contributed by atoms with van der Waals surface area (Å²) in [7, 11) is 14.9. The van der Waals surface area contributed by atoms with Crippen molar-refractivity contribution in [2.45, 2.75) is 0 Å².